The minimum atomic E-state index is -0.0991. The molecule has 0 saturated carbocycles. The third kappa shape index (κ3) is 2.70. The maximum atomic E-state index is 11.0. The topological polar surface area (TPSA) is 77.2 Å². The lowest BCUT2D eigenvalue weighted by atomic mass is 10.2. The van der Waals surface area contributed by atoms with Gasteiger partial charge in [0.25, 0.3) is 5.89 Å². The van der Waals surface area contributed by atoms with Crippen LogP contribution in [0, 0.1) is 0 Å². The highest BCUT2D eigenvalue weighted by molar-refractivity contribution is 5.88. The Morgan fingerprint density at radius 1 is 1.35 bits per heavy atom. The summed E-state index contributed by atoms with van der Waals surface area (Å²) in [5.41, 5.74) is 1.58. The van der Waals surface area contributed by atoms with E-state index >= 15 is 0 Å². The van der Waals surface area contributed by atoms with Gasteiger partial charge in [0.15, 0.2) is 0 Å². The summed E-state index contributed by atoms with van der Waals surface area (Å²) in [6, 6.07) is 7.29. The lowest BCUT2D eigenvalue weighted by Crippen LogP contribution is -2.05. The molecule has 3 rings (SSSR count). The van der Waals surface area contributed by atoms with Gasteiger partial charge in [-0.2, -0.15) is 4.98 Å². The third-order valence-electron chi connectivity index (χ3n) is 3.11. The largest absolute Gasteiger partial charge is 0.368 e. The van der Waals surface area contributed by atoms with Gasteiger partial charge in [0.2, 0.25) is 11.7 Å². The normalized spacial score (nSPS) is 18.1. The Hall–Kier alpha value is -2.21. The average molecular weight is 273 g/mol. The van der Waals surface area contributed by atoms with Crippen LogP contribution in [0.2, 0.25) is 0 Å². The van der Waals surface area contributed by atoms with Crippen molar-refractivity contribution in [2.45, 2.75) is 25.9 Å². The fourth-order valence-electron chi connectivity index (χ4n) is 2.16. The van der Waals surface area contributed by atoms with Crippen molar-refractivity contribution in [1.29, 1.82) is 0 Å². The van der Waals surface area contributed by atoms with Gasteiger partial charge in [-0.15, -0.1) is 0 Å². The SMILES string of the molecule is CC(=O)Nc1ccc(-c2noc([C@H]3CCCO3)n2)cc1. The molecule has 1 aromatic carbocycles. The van der Waals surface area contributed by atoms with E-state index < -0.39 is 0 Å². The van der Waals surface area contributed by atoms with E-state index in [4.69, 9.17) is 9.26 Å². The van der Waals surface area contributed by atoms with Crippen LogP contribution in [-0.4, -0.2) is 22.7 Å². The molecule has 1 aromatic heterocycles. The Kier molecular flexibility index (Phi) is 3.47. The van der Waals surface area contributed by atoms with Gasteiger partial charge in [-0.25, -0.2) is 0 Å². The molecule has 1 atom stereocenters. The summed E-state index contributed by atoms with van der Waals surface area (Å²) in [7, 11) is 0. The molecular weight excluding hydrogens is 258 g/mol. The molecule has 0 unspecified atom stereocenters. The van der Waals surface area contributed by atoms with Crippen molar-refractivity contribution in [1.82, 2.24) is 10.1 Å². The molecule has 1 aliphatic heterocycles. The molecule has 0 bridgehead atoms. The maximum Gasteiger partial charge on any atom is 0.256 e. The number of amides is 1. The number of carbonyl (C=O) groups excluding carboxylic acids is 1. The van der Waals surface area contributed by atoms with E-state index in [-0.39, 0.29) is 12.0 Å². The van der Waals surface area contributed by atoms with Gasteiger partial charge in [-0.1, -0.05) is 5.16 Å². The predicted molar refractivity (Wildman–Crippen MR) is 72.0 cm³/mol. The molecule has 1 aliphatic rings. The number of aromatic nitrogens is 2. The van der Waals surface area contributed by atoms with Crippen LogP contribution in [0.25, 0.3) is 11.4 Å². The third-order valence-corrected chi connectivity index (χ3v) is 3.11. The zero-order valence-corrected chi connectivity index (χ0v) is 11.1. The lowest BCUT2D eigenvalue weighted by molar-refractivity contribution is -0.114. The van der Waals surface area contributed by atoms with Crippen LogP contribution in [0.5, 0.6) is 0 Å². The second-order valence-corrected chi connectivity index (χ2v) is 4.72. The quantitative estimate of drug-likeness (QED) is 0.929. The summed E-state index contributed by atoms with van der Waals surface area (Å²) in [5, 5.41) is 6.68. The van der Waals surface area contributed by atoms with Crippen molar-refractivity contribution in [2.75, 3.05) is 11.9 Å². The van der Waals surface area contributed by atoms with Gasteiger partial charge in [-0.3, -0.25) is 4.79 Å². The molecule has 2 heterocycles. The second kappa shape index (κ2) is 5.42. The minimum Gasteiger partial charge on any atom is -0.368 e. The standard InChI is InChI=1S/C14H15N3O3/c1-9(18)15-11-6-4-10(5-7-11)13-16-14(20-17-13)12-3-2-8-19-12/h4-7,12H,2-3,8H2,1H3,(H,15,18)/t12-/m1/s1. The van der Waals surface area contributed by atoms with E-state index in [0.29, 0.717) is 11.7 Å². The molecule has 6 heteroatoms. The Labute approximate surface area is 116 Å². The molecule has 0 radical (unpaired) electrons. The number of anilines is 1. The van der Waals surface area contributed by atoms with Crippen LogP contribution in [0.3, 0.4) is 0 Å². The molecule has 1 saturated heterocycles. The zero-order valence-electron chi connectivity index (χ0n) is 11.1. The van der Waals surface area contributed by atoms with Crippen LogP contribution < -0.4 is 5.32 Å². The Bertz CT molecular complexity index is 600. The summed E-state index contributed by atoms with van der Waals surface area (Å²) in [6.07, 6.45) is 1.87. The van der Waals surface area contributed by atoms with Crippen molar-refractivity contribution in [3.05, 3.63) is 30.2 Å². The van der Waals surface area contributed by atoms with Gasteiger partial charge in [0.05, 0.1) is 0 Å². The van der Waals surface area contributed by atoms with Gasteiger partial charge < -0.3 is 14.6 Å². The number of nitrogens with one attached hydrogen (secondary N) is 1. The zero-order chi connectivity index (χ0) is 13.9. The van der Waals surface area contributed by atoms with E-state index in [0.717, 1.165) is 30.7 Å². The summed E-state index contributed by atoms with van der Waals surface area (Å²) < 4.78 is 10.7. The summed E-state index contributed by atoms with van der Waals surface area (Å²) in [6.45, 7) is 2.22. The monoisotopic (exact) mass is 273 g/mol. The molecule has 1 amide bonds. The molecule has 104 valence electrons. The molecule has 0 aliphatic carbocycles. The number of ether oxygens (including phenoxy) is 1. The van der Waals surface area contributed by atoms with E-state index in [1.54, 1.807) is 12.1 Å². The van der Waals surface area contributed by atoms with Crippen molar-refractivity contribution >= 4 is 11.6 Å². The summed E-state index contributed by atoms with van der Waals surface area (Å²) >= 11 is 0. The summed E-state index contributed by atoms with van der Waals surface area (Å²) in [4.78, 5) is 15.3. The first kappa shape index (κ1) is 12.8. The number of benzene rings is 1. The Morgan fingerprint density at radius 3 is 2.80 bits per heavy atom. The average Bonchev–Trinajstić information content (AvgIpc) is 3.10. The van der Waals surface area contributed by atoms with Gasteiger partial charge in [0, 0.05) is 24.8 Å². The predicted octanol–water partition coefficient (Wildman–Crippen LogP) is 2.55. The van der Waals surface area contributed by atoms with Crippen molar-refractivity contribution < 1.29 is 14.1 Å². The molecule has 0 spiro atoms. The van der Waals surface area contributed by atoms with E-state index in [1.165, 1.54) is 6.92 Å². The first-order valence-electron chi connectivity index (χ1n) is 6.55. The molecular formula is C14H15N3O3. The van der Waals surface area contributed by atoms with Crippen LogP contribution in [0.4, 0.5) is 5.69 Å². The smallest absolute Gasteiger partial charge is 0.256 e. The fourth-order valence-corrected chi connectivity index (χ4v) is 2.16. The van der Waals surface area contributed by atoms with Gasteiger partial charge in [0.1, 0.15) is 6.10 Å². The van der Waals surface area contributed by atoms with Crippen LogP contribution >= 0.6 is 0 Å². The second-order valence-electron chi connectivity index (χ2n) is 4.72. The molecule has 1 fully saturated rings. The van der Waals surface area contributed by atoms with E-state index in [9.17, 15) is 4.79 Å². The fraction of sp³-hybridized carbons (Fsp3) is 0.357. The minimum absolute atomic E-state index is 0.0742. The molecule has 20 heavy (non-hydrogen) atoms. The van der Waals surface area contributed by atoms with E-state index in [1.807, 2.05) is 12.1 Å². The van der Waals surface area contributed by atoms with Crippen LogP contribution in [-0.2, 0) is 9.53 Å². The number of rotatable bonds is 3. The van der Waals surface area contributed by atoms with Gasteiger partial charge in [-0.05, 0) is 37.1 Å². The lowest BCUT2D eigenvalue weighted by Gasteiger charge is -2.02. The molecule has 1 N–H and O–H groups in total. The highest BCUT2D eigenvalue weighted by Gasteiger charge is 2.24. The van der Waals surface area contributed by atoms with E-state index in [2.05, 4.69) is 15.5 Å². The van der Waals surface area contributed by atoms with Crippen molar-refractivity contribution in [2.24, 2.45) is 0 Å². The molecule has 2 aromatic rings. The van der Waals surface area contributed by atoms with Crippen molar-refractivity contribution in [3.63, 3.8) is 0 Å². The number of nitrogens with zero attached hydrogens (tertiary/aromatic N) is 2. The van der Waals surface area contributed by atoms with Gasteiger partial charge >= 0.3 is 0 Å². The highest BCUT2D eigenvalue weighted by atomic mass is 16.5. The highest BCUT2D eigenvalue weighted by Crippen LogP contribution is 2.28. The summed E-state index contributed by atoms with van der Waals surface area (Å²) in [5.74, 6) is 0.964. The molecule has 6 nitrogen and oxygen atoms in total. The maximum absolute atomic E-state index is 11.0. The Morgan fingerprint density at radius 2 is 2.15 bits per heavy atom. The number of hydrogen-bond acceptors (Lipinski definition) is 5. The number of hydrogen-bond donors (Lipinski definition) is 1. The van der Waals surface area contributed by atoms with Crippen molar-refractivity contribution in [3.8, 4) is 11.4 Å². The van der Waals surface area contributed by atoms with Crippen LogP contribution in [0.1, 0.15) is 31.8 Å². The first-order valence-corrected chi connectivity index (χ1v) is 6.55. The first-order chi connectivity index (χ1) is 9.72. The van der Waals surface area contributed by atoms with Crippen LogP contribution in [0.15, 0.2) is 28.8 Å². The number of carbonyl (C=O) groups is 1. The Balaban J connectivity index is 1.77.